The second-order valence-electron chi connectivity index (χ2n) is 5.66. The van der Waals surface area contributed by atoms with Crippen LogP contribution in [0.25, 0.3) is 0 Å². The van der Waals surface area contributed by atoms with Crippen molar-refractivity contribution in [2.75, 3.05) is 16.0 Å². The Morgan fingerprint density at radius 2 is 1.56 bits per heavy atom. The van der Waals surface area contributed by atoms with Crippen LogP contribution in [0.15, 0.2) is 60.3 Å². The van der Waals surface area contributed by atoms with E-state index in [1.165, 1.54) is 20.0 Å². The Morgan fingerprint density at radius 1 is 0.926 bits per heavy atom. The number of nitriles is 1. The first kappa shape index (κ1) is 19.4. The van der Waals surface area contributed by atoms with E-state index in [0.717, 1.165) is 0 Å². The van der Waals surface area contributed by atoms with E-state index in [1.54, 1.807) is 48.5 Å². The lowest BCUT2D eigenvalue weighted by molar-refractivity contribution is -0.114. The second kappa shape index (κ2) is 8.97. The lowest BCUT2D eigenvalue weighted by Gasteiger charge is -2.07. The summed E-state index contributed by atoms with van der Waals surface area (Å²) >= 11 is 0. The van der Waals surface area contributed by atoms with Gasteiger partial charge in [0, 0.05) is 35.7 Å². The van der Waals surface area contributed by atoms with Gasteiger partial charge in [0.25, 0.3) is 5.91 Å². The molecule has 0 saturated carbocycles. The molecule has 0 aromatic heterocycles. The zero-order valence-corrected chi connectivity index (χ0v) is 14.9. The number of anilines is 3. The van der Waals surface area contributed by atoms with Gasteiger partial charge in [0.2, 0.25) is 5.91 Å². The Bertz CT molecular complexity index is 940. The van der Waals surface area contributed by atoms with E-state index in [1.807, 2.05) is 6.07 Å². The van der Waals surface area contributed by atoms with E-state index in [0.29, 0.717) is 22.6 Å². The van der Waals surface area contributed by atoms with E-state index in [2.05, 4.69) is 16.0 Å². The van der Waals surface area contributed by atoms with Gasteiger partial charge in [-0.3, -0.25) is 14.4 Å². The maximum atomic E-state index is 12.2. The molecule has 0 spiro atoms. The number of Topliss-reactive ketones (excluding diaryl/α,β-unsaturated/α-hetero) is 1. The summed E-state index contributed by atoms with van der Waals surface area (Å²) in [7, 11) is 0. The van der Waals surface area contributed by atoms with Crippen molar-refractivity contribution in [2.24, 2.45) is 0 Å². The van der Waals surface area contributed by atoms with Gasteiger partial charge in [-0.15, -0.1) is 0 Å². The molecular formula is C20H18N4O3. The molecule has 0 unspecified atom stereocenters. The van der Waals surface area contributed by atoms with Crippen LogP contribution in [-0.2, 0) is 9.59 Å². The first-order chi connectivity index (χ1) is 12.9. The van der Waals surface area contributed by atoms with Crippen LogP contribution in [0.2, 0.25) is 0 Å². The predicted molar refractivity (Wildman–Crippen MR) is 103 cm³/mol. The molecule has 7 nitrogen and oxygen atoms in total. The molecule has 0 fully saturated rings. The number of hydrogen-bond acceptors (Lipinski definition) is 5. The lowest BCUT2D eigenvalue weighted by Crippen LogP contribution is -2.14. The molecule has 0 radical (unpaired) electrons. The van der Waals surface area contributed by atoms with Crippen LogP contribution in [0.3, 0.4) is 0 Å². The minimum atomic E-state index is -0.583. The van der Waals surface area contributed by atoms with Gasteiger partial charge in [-0.2, -0.15) is 5.26 Å². The molecule has 2 aromatic rings. The van der Waals surface area contributed by atoms with Crippen molar-refractivity contribution in [1.82, 2.24) is 0 Å². The number of benzene rings is 2. The topological polar surface area (TPSA) is 111 Å². The van der Waals surface area contributed by atoms with Crippen molar-refractivity contribution in [2.45, 2.75) is 13.8 Å². The standard InChI is InChI=1S/C20H18N4O3/c1-13(25)15-4-3-5-19(10-15)22-12-16(11-21)20(27)24-18-8-6-17(7-9-18)23-14(2)26/h3-10,12,22H,1-2H3,(H,23,26)(H,24,27)/b16-12-. The molecule has 0 aliphatic carbocycles. The number of hydrogen-bond donors (Lipinski definition) is 3. The average molecular weight is 362 g/mol. The minimum Gasteiger partial charge on any atom is -0.360 e. The number of amides is 2. The van der Waals surface area contributed by atoms with Gasteiger partial charge in [-0.05, 0) is 43.3 Å². The van der Waals surface area contributed by atoms with Gasteiger partial charge in [0.15, 0.2) is 5.78 Å². The molecule has 0 bridgehead atoms. The van der Waals surface area contributed by atoms with Gasteiger partial charge in [-0.1, -0.05) is 12.1 Å². The normalized spacial score (nSPS) is 10.5. The fourth-order valence-corrected chi connectivity index (χ4v) is 2.17. The third-order valence-corrected chi connectivity index (χ3v) is 3.48. The van der Waals surface area contributed by atoms with Gasteiger partial charge < -0.3 is 16.0 Å². The number of rotatable bonds is 6. The minimum absolute atomic E-state index is 0.0800. The van der Waals surface area contributed by atoms with Crippen LogP contribution >= 0.6 is 0 Å². The van der Waals surface area contributed by atoms with E-state index >= 15 is 0 Å². The monoisotopic (exact) mass is 362 g/mol. The van der Waals surface area contributed by atoms with Crippen LogP contribution in [0.5, 0.6) is 0 Å². The highest BCUT2D eigenvalue weighted by atomic mass is 16.2. The number of nitrogens with zero attached hydrogens (tertiary/aromatic N) is 1. The van der Waals surface area contributed by atoms with Crippen molar-refractivity contribution in [1.29, 1.82) is 5.26 Å². The molecule has 136 valence electrons. The lowest BCUT2D eigenvalue weighted by atomic mass is 10.1. The smallest absolute Gasteiger partial charge is 0.267 e. The average Bonchev–Trinajstić information content (AvgIpc) is 2.63. The molecule has 0 saturated heterocycles. The summed E-state index contributed by atoms with van der Waals surface area (Å²) in [6.07, 6.45) is 1.28. The molecule has 0 atom stereocenters. The number of carbonyl (C=O) groups excluding carboxylic acids is 3. The number of ketones is 1. The first-order valence-electron chi connectivity index (χ1n) is 8.06. The van der Waals surface area contributed by atoms with E-state index in [9.17, 15) is 19.6 Å². The van der Waals surface area contributed by atoms with E-state index < -0.39 is 5.91 Å². The largest absolute Gasteiger partial charge is 0.360 e. The van der Waals surface area contributed by atoms with Gasteiger partial charge >= 0.3 is 0 Å². The summed E-state index contributed by atoms with van der Waals surface area (Å²) in [5, 5.41) is 17.3. The Morgan fingerprint density at radius 3 is 2.11 bits per heavy atom. The van der Waals surface area contributed by atoms with Crippen LogP contribution in [0, 0.1) is 11.3 Å². The highest BCUT2D eigenvalue weighted by Gasteiger charge is 2.09. The number of carbonyl (C=O) groups is 3. The Labute approximate surface area is 156 Å². The van der Waals surface area contributed by atoms with Crippen LogP contribution < -0.4 is 16.0 Å². The van der Waals surface area contributed by atoms with Gasteiger partial charge in [-0.25, -0.2) is 0 Å². The fourth-order valence-electron chi connectivity index (χ4n) is 2.17. The molecule has 2 rings (SSSR count). The molecule has 7 heteroatoms. The third kappa shape index (κ3) is 5.83. The summed E-state index contributed by atoms with van der Waals surface area (Å²) in [5.41, 5.74) is 2.06. The maximum Gasteiger partial charge on any atom is 0.267 e. The van der Waals surface area contributed by atoms with Crippen molar-refractivity contribution in [3.8, 4) is 6.07 Å². The number of nitrogens with one attached hydrogen (secondary N) is 3. The Hall–Kier alpha value is -3.92. The van der Waals surface area contributed by atoms with E-state index in [4.69, 9.17) is 0 Å². The highest BCUT2D eigenvalue weighted by molar-refractivity contribution is 6.07. The highest BCUT2D eigenvalue weighted by Crippen LogP contribution is 2.15. The molecular weight excluding hydrogens is 344 g/mol. The van der Waals surface area contributed by atoms with Gasteiger partial charge in [0.05, 0.1) is 0 Å². The Balaban J connectivity index is 2.06. The first-order valence-corrected chi connectivity index (χ1v) is 8.06. The van der Waals surface area contributed by atoms with Crippen molar-refractivity contribution < 1.29 is 14.4 Å². The van der Waals surface area contributed by atoms with Crippen LogP contribution in [-0.4, -0.2) is 17.6 Å². The summed E-state index contributed by atoms with van der Waals surface area (Å²) in [6.45, 7) is 2.86. The third-order valence-electron chi connectivity index (χ3n) is 3.48. The quantitative estimate of drug-likeness (QED) is 0.415. The summed E-state index contributed by atoms with van der Waals surface area (Å²) in [6, 6.07) is 15.1. The maximum absolute atomic E-state index is 12.2. The van der Waals surface area contributed by atoms with Gasteiger partial charge in [0.1, 0.15) is 11.6 Å². The molecule has 0 heterocycles. The second-order valence-corrected chi connectivity index (χ2v) is 5.66. The van der Waals surface area contributed by atoms with Crippen molar-refractivity contribution in [3.05, 3.63) is 65.9 Å². The fraction of sp³-hybridized carbons (Fsp3) is 0.100. The summed E-state index contributed by atoms with van der Waals surface area (Å²) < 4.78 is 0. The molecule has 0 aliphatic rings. The molecule has 2 aromatic carbocycles. The van der Waals surface area contributed by atoms with Crippen molar-refractivity contribution >= 4 is 34.7 Å². The molecule has 2 amide bonds. The summed E-state index contributed by atoms with van der Waals surface area (Å²) in [5.74, 6) is -0.856. The van der Waals surface area contributed by atoms with Crippen LogP contribution in [0.4, 0.5) is 17.1 Å². The van der Waals surface area contributed by atoms with Crippen LogP contribution in [0.1, 0.15) is 24.2 Å². The Kier molecular flexibility index (Phi) is 6.44. The molecule has 0 aliphatic heterocycles. The molecule has 3 N–H and O–H groups in total. The molecule has 27 heavy (non-hydrogen) atoms. The van der Waals surface area contributed by atoms with E-state index in [-0.39, 0.29) is 17.3 Å². The summed E-state index contributed by atoms with van der Waals surface area (Å²) in [4.78, 5) is 34.6. The van der Waals surface area contributed by atoms with Crippen molar-refractivity contribution in [3.63, 3.8) is 0 Å². The zero-order valence-electron chi connectivity index (χ0n) is 14.9. The zero-order chi connectivity index (χ0) is 19.8. The predicted octanol–water partition coefficient (Wildman–Crippen LogP) is 3.31. The SMILES string of the molecule is CC(=O)Nc1ccc(NC(=O)/C(C#N)=C\Nc2cccc(C(C)=O)c2)cc1.